The monoisotopic (exact) mass is 415 g/mol. The normalized spacial score (nSPS) is 11.1. The summed E-state index contributed by atoms with van der Waals surface area (Å²) in [6, 6.07) is 8.16. The zero-order valence-electron chi connectivity index (χ0n) is 19.6. The van der Waals surface area contributed by atoms with Gasteiger partial charge in [0.1, 0.15) is 0 Å². The number of carbonyl (C=O) groups excluding carboxylic acids is 1. The number of ether oxygens (including phenoxy) is 1. The first-order valence-electron chi connectivity index (χ1n) is 12.4. The van der Waals surface area contributed by atoms with Crippen LogP contribution in [0.25, 0.3) is 6.08 Å². The van der Waals surface area contributed by atoms with E-state index in [0.29, 0.717) is 6.61 Å². The zero-order valence-corrected chi connectivity index (χ0v) is 19.6. The number of hydrogen-bond donors (Lipinski definition) is 1. The molecule has 1 aromatic carbocycles. The molecule has 1 rings (SSSR count). The summed E-state index contributed by atoms with van der Waals surface area (Å²) in [6.45, 7) is 5.52. The molecule has 0 atom stereocenters. The second-order valence-corrected chi connectivity index (χ2v) is 8.23. The molecule has 1 N–H and O–H groups in total. The summed E-state index contributed by atoms with van der Waals surface area (Å²) >= 11 is 0. The van der Waals surface area contributed by atoms with E-state index in [1.54, 1.807) is 6.08 Å². The fourth-order valence-electron chi connectivity index (χ4n) is 3.62. The number of unbranched alkanes of at least 4 members (excludes halogenated alkanes) is 13. The van der Waals surface area contributed by atoms with Crippen LogP contribution in [0.5, 0.6) is 0 Å². The van der Waals surface area contributed by atoms with Gasteiger partial charge in [0.2, 0.25) is 0 Å². The van der Waals surface area contributed by atoms with E-state index in [9.17, 15) is 4.79 Å². The van der Waals surface area contributed by atoms with E-state index >= 15 is 0 Å². The molecule has 3 heteroatoms. The number of anilines is 1. The smallest absolute Gasteiger partial charge is 0.330 e. The molecule has 170 valence electrons. The van der Waals surface area contributed by atoms with Crippen molar-refractivity contribution < 1.29 is 9.53 Å². The highest BCUT2D eigenvalue weighted by atomic mass is 16.5. The van der Waals surface area contributed by atoms with Crippen molar-refractivity contribution in [3.63, 3.8) is 0 Å². The van der Waals surface area contributed by atoms with Gasteiger partial charge in [-0.05, 0) is 37.1 Å². The second kappa shape index (κ2) is 19.2. The van der Waals surface area contributed by atoms with E-state index in [-0.39, 0.29) is 5.97 Å². The fourth-order valence-corrected chi connectivity index (χ4v) is 3.62. The second-order valence-electron chi connectivity index (χ2n) is 8.23. The lowest BCUT2D eigenvalue weighted by Gasteiger charge is -2.07. The van der Waals surface area contributed by atoms with Crippen molar-refractivity contribution in [3.8, 4) is 0 Å². The van der Waals surface area contributed by atoms with Gasteiger partial charge in [-0.3, -0.25) is 0 Å². The summed E-state index contributed by atoms with van der Waals surface area (Å²) in [5.41, 5.74) is 2.14. The van der Waals surface area contributed by atoms with E-state index in [0.717, 1.165) is 17.8 Å². The molecule has 0 bridgehead atoms. The van der Waals surface area contributed by atoms with Crippen molar-refractivity contribution in [2.75, 3.05) is 18.5 Å². The maximum Gasteiger partial charge on any atom is 0.330 e. The highest BCUT2D eigenvalue weighted by Gasteiger charge is 1.97. The largest absolute Gasteiger partial charge is 0.463 e. The minimum absolute atomic E-state index is 0.294. The van der Waals surface area contributed by atoms with Gasteiger partial charge < -0.3 is 10.1 Å². The maximum atomic E-state index is 11.3. The van der Waals surface area contributed by atoms with E-state index in [1.807, 2.05) is 19.1 Å². The molecule has 0 radical (unpaired) electrons. The lowest BCUT2D eigenvalue weighted by atomic mass is 10.0. The predicted octanol–water partition coefficient (Wildman–Crippen LogP) is 8.16. The Hall–Kier alpha value is -1.77. The van der Waals surface area contributed by atoms with Crippen LogP contribution in [0.1, 0.15) is 109 Å². The molecule has 0 saturated carbocycles. The van der Waals surface area contributed by atoms with Crippen molar-refractivity contribution in [1.82, 2.24) is 0 Å². The molecule has 0 aliphatic carbocycles. The van der Waals surface area contributed by atoms with Crippen molar-refractivity contribution in [1.29, 1.82) is 0 Å². The molecule has 0 aliphatic heterocycles. The maximum absolute atomic E-state index is 11.3. The molecule has 1 aromatic rings. The van der Waals surface area contributed by atoms with Gasteiger partial charge in [-0.25, -0.2) is 4.79 Å². The van der Waals surface area contributed by atoms with Crippen LogP contribution in [-0.4, -0.2) is 19.1 Å². The summed E-state index contributed by atoms with van der Waals surface area (Å²) in [5.74, 6) is -0.294. The third-order valence-electron chi connectivity index (χ3n) is 5.47. The number of esters is 1. The van der Waals surface area contributed by atoms with Gasteiger partial charge in [-0.15, -0.1) is 0 Å². The number of nitrogens with one attached hydrogen (secondary N) is 1. The van der Waals surface area contributed by atoms with Gasteiger partial charge in [0.15, 0.2) is 0 Å². The Kier molecular flexibility index (Phi) is 16.8. The van der Waals surface area contributed by atoms with Crippen molar-refractivity contribution in [2.45, 2.75) is 104 Å². The summed E-state index contributed by atoms with van der Waals surface area (Å²) in [6.07, 6.45) is 22.8. The van der Waals surface area contributed by atoms with Crippen LogP contribution >= 0.6 is 0 Å². The van der Waals surface area contributed by atoms with E-state index in [2.05, 4.69) is 24.4 Å². The minimum atomic E-state index is -0.294. The molecule has 0 saturated heterocycles. The Morgan fingerprint density at radius 3 is 1.77 bits per heavy atom. The Labute approximate surface area is 185 Å². The van der Waals surface area contributed by atoms with Gasteiger partial charge in [0.05, 0.1) is 6.61 Å². The van der Waals surface area contributed by atoms with Gasteiger partial charge in [0.25, 0.3) is 0 Å². The van der Waals surface area contributed by atoms with Crippen LogP contribution in [0.2, 0.25) is 0 Å². The van der Waals surface area contributed by atoms with Crippen LogP contribution in [0, 0.1) is 0 Å². The van der Waals surface area contributed by atoms with E-state index in [1.165, 1.54) is 96.0 Å². The van der Waals surface area contributed by atoms with Crippen LogP contribution in [0.4, 0.5) is 5.69 Å². The summed E-state index contributed by atoms with van der Waals surface area (Å²) in [5, 5.41) is 3.48. The molecule has 0 amide bonds. The number of hydrogen-bond acceptors (Lipinski definition) is 3. The Morgan fingerprint density at radius 2 is 1.27 bits per heavy atom. The standard InChI is InChI=1S/C27H45NO2/c1-3-5-6-7-8-9-10-11-12-13-14-15-16-17-24-28-26-21-18-25(19-22-26)20-23-27(29)30-4-2/h18-23,28H,3-17,24H2,1-2H3. The molecule has 0 fully saturated rings. The summed E-state index contributed by atoms with van der Waals surface area (Å²) in [7, 11) is 0. The highest BCUT2D eigenvalue weighted by molar-refractivity contribution is 5.87. The molecular weight excluding hydrogens is 370 g/mol. The SMILES string of the molecule is CCCCCCCCCCCCCCCCNc1ccc(C=CC(=O)OCC)cc1. The summed E-state index contributed by atoms with van der Waals surface area (Å²) in [4.78, 5) is 11.3. The zero-order chi connectivity index (χ0) is 21.7. The molecule has 0 aliphatic rings. The van der Waals surface area contributed by atoms with Gasteiger partial charge in [-0.1, -0.05) is 103 Å². The average Bonchev–Trinajstić information content (AvgIpc) is 2.76. The molecule has 3 nitrogen and oxygen atoms in total. The van der Waals surface area contributed by atoms with Crippen LogP contribution < -0.4 is 5.32 Å². The lowest BCUT2D eigenvalue weighted by Crippen LogP contribution is -2.01. The van der Waals surface area contributed by atoms with Crippen molar-refractivity contribution in [2.24, 2.45) is 0 Å². The average molecular weight is 416 g/mol. The summed E-state index contributed by atoms with van der Waals surface area (Å²) < 4.78 is 4.89. The van der Waals surface area contributed by atoms with Gasteiger partial charge in [-0.2, -0.15) is 0 Å². The lowest BCUT2D eigenvalue weighted by molar-refractivity contribution is -0.137. The third kappa shape index (κ3) is 15.1. The Balaban J connectivity index is 1.93. The molecule has 30 heavy (non-hydrogen) atoms. The minimum Gasteiger partial charge on any atom is -0.463 e. The predicted molar refractivity (Wildman–Crippen MR) is 131 cm³/mol. The highest BCUT2D eigenvalue weighted by Crippen LogP contribution is 2.14. The van der Waals surface area contributed by atoms with Crippen LogP contribution in [-0.2, 0) is 9.53 Å². The van der Waals surface area contributed by atoms with E-state index < -0.39 is 0 Å². The van der Waals surface area contributed by atoms with Crippen molar-refractivity contribution >= 4 is 17.7 Å². The van der Waals surface area contributed by atoms with Crippen LogP contribution in [0.3, 0.4) is 0 Å². The van der Waals surface area contributed by atoms with Gasteiger partial charge >= 0.3 is 5.97 Å². The van der Waals surface area contributed by atoms with E-state index in [4.69, 9.17) is 4.74 Å². The molecular formula is C27H45NO2. The molecule has 0 spiro atoms. The first kappa shape index (κ1) is 26.3. The third-order valence-corrected chi connectivity index (χ3v) is 5.47. The first-order chi connectivity index (χ1) is 14.8. The Morgan fingerprint density at radius 1 is 0.767 bits per heavy atom. The van der Waals surface area contributed by atoms with Crippen LogP contribution in [0.15, 0.2) is 30.3 Å². The first-order valence-corrected chi connectivity index (χ1v) is 12.4. The number of benzene rings is 1. The molecule has 0 heterocycles. The quantitative estimate of drug-likeness (QED) is 0.141. The van der Waals surface area contributed by atoms with Crippen molar-refractivity contribution in [3.05, 3.63) is 35.9 Å². The molecule has 0 unspecified atom stereocenters. The van der Waals surface area contributed by atoms with Gasteiger partial charge in [0, 0.05) is 18.3 Å². The Bertz CT molecular complexity index is 550. The topological polar surface area (TPSA) is 38.3 Å². The fraction of sp³-hybridized carbons (Fsp3) is 0.667. The number of rotatable bonds is 19. The molecule has 0 aromatic heterocycles. The number of carbonyl (C=O) groups is 1.